The zero-order valence-electron chi connectivity index (χ0n) is 12.3. The summed E-state index contributed by atoms with van der Waals surface area (Å²) in [5, 5.41) is 4.67. The van der Waals surface area contributed by atoms with Crippen molar-refractivity contribution in [3.05, 3.63) is 42.1 Å². The van der Waals surface area contributed by atoms with Crippen LogP contribution in [-0.4, -0.2) is 60.1 Å². The Hall–Kier alpha value is -1.49. The zero-order valence-corrected chi connectivity index (χ0v) is 12.3. The van der Waals surface area contributed by atoms with Crippen LogP contribution >= 0.6 is 0 Å². The van der Waals surface area contributed by atoms with Gasteiger partial charge in [-0.15, -0.1) is 0 Å². The number of nitrogens with one attached hydrogen (secondary N) is 1. The van der Waals surface area contributed by atoms with E-state index in [9.17, 15) is 0 Å². The first-order chi connectivity index (χ1) is 10.4. The molecule has 1 aromatic carbocycles. The first-order valence-electron chi connectivity index (χ1n) is 7.90. The third kappa shape index (κ3) is 2.67. The predicted octanol–water partition coefficient (Wildman–Crippen LogP) is 1.32. The summed E-state index contributed by atoms with van der Waals surface area (Å²) >= 11 is 0. The van der Waals surface area contributed by atoms with Gasteiger partial charge < -0.3 is 5.32 Å². The summed E-state index contributed by atoms with van der Waals surface area (Å²) in [6.07, 6.45) is 1.89. The minimum atomic E-state index is 0.759. The molecule has 0 bridgehead atoms. The van der Waals surface area contributed by atoms with Crippen molar-refractivity contribution >= 4 is 10.9 Å². The Morgan fingerprint density at radius 1 is 1.10 bits per heavy atom. The summed E-state index contributed by atoms with van der Waals surface area (Å²) in [4.78, 5) is 9.73. The second-order valence-corrected chi connectivity index (χ2v) is 6.13. The minimum Gasteiger partial charge on any atom is -0.314 e. The van der Waals surface area contributed by atoms with Gasteiger partial charge in [0.1, 0.15) is 0 Å². The van der Waals surface area contributed by atoms with E-state index in [1.165, 1.54) is 37.1 Å². The molecule has 0 atom stereocenters. The maximum absolute atomic E-state index is 4.56. The van der Waals surface area contributed by atoms with Gasteiger partial charge in [0.2, 0.25) is 0 Å². The molecule has 3 heterocycles. The molecule has 4 heteroatoms. The zero-order chi connectivity index (χ0) is 14.1. The first-order valence-corrected chi connectivity index (χ1v) is 7.90. The number of piperazine rings is 1. The van der Waals surface area contributed by atoms with Gasteiger partial charge in [-0.2, -0.15) is 0 Å². The van der Waals surface area contributed by atoms with Crippen LogP contribution in [0.25, 0.3) is 10.9 Å². The summed E-state index contributed by atoms with van der Waals surface area (Å²) in [6, 6.07) is 11.4. The lowest BCUT2D eigenvalue weighted by Crippen LogP contribution is -2.62. The number of benzene rings is 1. The molecule has 1 aromatic heterocycles. The van der Waals surface area contributed by atoms with Gasteiger partial charge >= 0.3 is 0 Å². The van der Waals surface area contributed by atoms with Gasteiger partial charge in [-0.1, -0.05) is 24.3 Å². The molecule has 2 aromatic rings. The van der Waals surface area contributed by atoms with Crippen LogP contribution in [0.15, 0.2) is 36.5 Å². The van der Waals surface area contributed by atoms with Gasteiger partial charge in [-0.05, 0) is 11.6 Å². The monoisotopic (exact) mass is 282 g/mol. The van der Waals surface area contributed by atoms with Gasteiger partial charge in [0.05, 0.1) is 5.52 Å². The molecule has 0 aliphatic carbocycles. The quantitative estimate of drug-likeness (QED) is 0.920. The van der Waals surface area contributed by atoms with E-state index in [1.54, 1.807) is 0 Å². The molecule has 2 aliphatic rings. The van der Waals surface area contributed by atoms with Crippen molar-refractivity contribution in [2.45, 2.75) is 12.6 Å². The second-order valence-electron chi connectivity index (χ2n) is 6.13. The van der Waals surface area contributed by atoms with Crippen molar-refractivity contribution in [3.8, 4) is 0 Å². The van der Waals surface area contributed by atoms with Gasteiger partial charge in [0, 0.05) is 63.4 Å². The molecular formula is C17H22N4. The minimum absolute atomic E-state index is 0.759. The molecule has 4 nitrogen and oxygen atoms in total. The van der Waals surface area contributed by atoms with Gasteiger partial charge in [0.25, 0.3) is 0 Å². The number of likely N-dealkylation sites (tertiary alicyclic amines) is 1. The fourth-order valence-electron chi connectivity index (χ4n) is 3.49. The number of para-hydroxylation sites is 1. The highest BCUT2D eigenvalue weighted by molar-refractivity contribution is 5.81. The molecule has 0 radical (unpaired) electrons. The molecule has 0 saturated carbocycles. The average molecular weight is 282 g/mol. The van der Waals surface area contributed by atoms with Crippen molar-refractivity contribution < 1.29 is 0 Å². The fraction of sp³-hybridized carbons (Fsp3) is 0.471. The molecule has 21 heavy (non-hydrogen) atoms. The Balaban J connectivity index is 1.41. The van der Waals surface area contributed by atoms with Crippen LogP contribution in [0.1, 0.15) is 5.56 Å². The number of nitrogens with zero attached hydrogens (tertiary/aromatic N) is 3. The van der Waals surface area contributed by atoms with Gasteiger partial charge in [-0.25, -0.2) is 0 Å². The lowest BCUT2D eigenvalue weighted by molar-refractivity contribution is 0.0225. The summed E-state index contributed by atoms with van der Waals surface area (Å²) in [7, 11) is 0. The van der Waals surface area contributed by atoms with Crippen LogP contribution < -0.4 is 5.32 Å². The topological polar surface area (TPSA) is 31.4 Å². The fourth-order valence-corrected chi connectivity index (χ4v) is 3.49. The van der Waals surface area contributed by atoms with E-state index in [-0.39, 0.29) is 0 Å². The average Bonchev–Trinajstić information content (AvgIpc) is 2.51. The number of rotatable bonds is 3. The summed E-state index contributed by atoms with van der Waals surface area (Å²) in [6.45, 7) is 8.11. The first kappa shape index (κ1) is 13.2. The molecule has 4 rings (SSSR count). The molecule has 0 amide bonds. The van der Waals surface area contributed by atoms with Crippen molar-refractivity contribution in [2.24, 2.45) is 0 Å². The van der Waals surface area contributed by atoms with Crippen LogP contribution in [-0.2, 0) is 6.54 Å². The molecule has 2 saturated heterocycles. The Morgan fingerprint density at radius 2 is 1.90 bits per heavy atom. The smallest absolute Gasteiger partial charge is 0.0746 e. The highest BCUT2D eigenvalue weighted by Gasteiger charge is 2.32. The van der Waals surface area contributed by atoms with E-state index in [1.807, 2.05) is 12.3 Å². The van der Waals surface area contributed by atoms with Crippen LogP contribution in [0.2, 0.25) is 0 Å². The summed E-state index contributed by atoms with van der Waals surface area (Å²) in [5.74, 6) is 0. The number of aromatic nitrogens is 1. The number of hydrogen-bond acceptors (Lipinski definition) is 4. The maximum atomic E-state index is 4.56. The highest BCUT2D eigenvalue weighted by atomic mass is 15.3. The van der Waals surface area contributed by atoms with Crippen molar-refractivity contribution in [1.29, 1.82) is 0 Å². The van der Waals surface area contributed by atoms with Gasteiger partial charge in [-0.3, -0.25) is 14.8 Å². The van der Waals surface area contributed by atoms with E-state index in [4.69, 9.17) is 0 Å². The predicted molar refractivity (Wildman–Crippen MR) is 85.3 cm³/mol. The molecule has 0 unspecified atom stereocenters. The van der Waals surface area contributed by atoms with E-state index >= 15 is 0 Å². The lowest BCUT2D eigenvalue weighted by Gasteiger charge is -2.47. The summed E-state index contributed by atoms with van der Waals surface area (Å²) < 4.78 is 0. The standard InChI is InChI=1S/C17H22N4/c1-3-14-5-2-6-19-17(14)15(4-1)11-20-12-16(13-20)21-9-7-18-8-10-21/h1-6,16,18H,7-13H2. The lowest BCUT2D eigenvalue weighted by atomic mass is 10.0. The molecule has 0 spiro atoms. The Labute approximate surface area is 125 Å². The third-order valence-electron chi connectivity index (χ3n) is 4.72. The molecule has 1 N–H and O–H groups in total. The molecule has 2 fully saturated rings. The maximum Gasteiger partial charge on any atom is 0.0746 e. The van der Waals surface area contributed by atoms with Crippen LogP contribution in [0.3, 0.4) is 0 Å². The largest absolute Gasteiger partial charge is 0.314 e. The Kier molecular flexibility index (Phi) is 3.59. The van der Waals surface area contributed by atoms with Crippen LogP contribution in [0.5, 0.6) is 0 Å². The molecule has 110 valence electrons. The number of hydrogen-bond donors (Lipinski definition) is 1. The third-order valence-corrected chi connectivity index (χ3v) is 4.72. The highest BCUT2D eigenvalue weighted by Crippen LogP contribution is 2.22. The molecular weight excluding hydrogens is 260 g/mol. The number of fused-ring (bicyclic) bond motifs is 1. The molecule has 2 aliphatic heterocycles. The van der Waals surface area contributed by atoms with Crippen molar-refractivity contribution in [3.63, 3.8) is 0 Å². The SMILES string of the molecule is c1cnc2c(CN3CC(N4CCNCC4)C3)cccc2c1. The Morgan fingerprint density at radius 3 is 2.76 bits per heavy atom. The Bertz CT molecular complexity index is 610. The summed E-state index contributed by atoms with van der Waals surface area (Å²) in [5.41, 5.74) is 2.51. The van der Waals surface area contributed by atoms with E-state index in [0.717, 1.165) is 31.2 Å². The van der Waals surface area contributed by atoms with Crippen LogP contribution in [0, 0.1) is 0 Å². The van der Waals surface area contributed by atoms with Crippen molar-refractivity contribution in [2.75, 3.05) is 39.3 Å². The second kappa shape index (κ2) is 5.72. The van der Waals surface area contributed by atoms with E-state index in [0.29, 0.717) is 0 Å². The van der Waals surface area contributed by atoms with E-state index in [2.05, 4.69) is 44.4 Å². The number of pyridine rings is 1. The van der Waals surface area contributed by atoms with E-state index < -0.39 is 0 Å². The normalized spacial score (nSPS) is 21.5. The van der Waals surface area contributed by atoms with Gasteiger partial charge in [0.15, 0.2) is 0 Å². The van der Waals surface area contributed by atoms with Crippen molar-refractivity contribution in [1.82, 2.24) is 20.1 Å². The van der Waals surface area contributed by atoms with Crippen LogP contribution in [0.4, 0.5) is 0 Å².